The molecular weight excluding hydrogens is 162 g/mol. The molecule has 1 atom stereocenters. The summed E-state index contributed by atoms with van der Waals surface area (Å²) in [4.78, 5) is 0. The summed E-state index contributed by atoms with van der Waals surface area (Å²) in [6.07, 6.45) is 1.05. The summed E-state index contributed by atoms with van der Waals surface area (Å²) in [6, 6.07) is 6.41. The third-order valence-electron chi connectivity index (χ3n) is 2.59. The molecule has 0 spiro atoms. The summed E-state index contributed by atoms with van der Waals surface area (Å²) in [5.41, 5.74) is 9.94. The largest absolute Gasteiger partial charge is 0.375 e. The number of hydrogen-bond donors (Lipinski definition) is 1. The quantitative estimate of drug-likeness (QED) is 0.709. The normalized spacial score (nSPS) is 21.2. The van der Waals surface area contributed by atoms with Crippen LogP contribution in [0.15, 0.2) is 18.2 Å². The summed E-state index contributed by atoms with van der Waals surface area (Å²) in [7, 11) is 0. The first-order chi connectivity index (χ1) is 6.33. The van der Waals surface area contributed by atoms with E-state index >= 15 is 0 Å². The lowest BCUT2D eigenvalue weighted by atomic mass is 9.93. The number of benzene rings is 1. The molecule has 1 aromatic carbocycles. The molecule has 1 aliphatic rings. The molecule has 2 N–H and O–H groups in total. The van der Waals surface area contributed by atoms with Crippen LogP contribution < -0.4 is 5.73 Å². The fourth-order valence-corrected chi connectivity index (χ4v) is 1.96. The van der Waals surface area contributed by atoms with Crippen molar-refractivity contribution < 1.29 is 4.74 Å². The minimum Gasteiger partial charge on any atom is -0.375 e. The Labute approximate surface area is 78.7 Å². The molecule has 70 valence electrons. The first-order valence-corrected chi connectivity index (χ1v) is 4.77. The van der Waals surface area contributed by atoms with Gasteiger partial charge in [0.2, 0.25) is 0 Å². The van der Waals surface area contributed by atoms with Crippen molar-refractivity contribution >= 4 is 0 Å². The third-order valence-corrected chi connectivity index (χ3v) is 2.59. The van der Waals surface area contributed by atoms with Gasteiger partial charge in [-0.3, -0.25) is 0 Å². The highest BCUT2D eigenvalue weighted by atomic mass is 16.5. The van der Waals surface area contributed by atoms with E-state index in [0.717, 1.165) is 13.0 Å². The molecule has 0 aliphatic carbocycles. The van der Waals surface area contributed by atoms with Crippen molar-refractivity contribution in [2.75, 3.05) is 6.61 Å². The first kappa shape index (κ1) is 8.73. The van der Waals surface area contributed by atoms with Gasteiger partial charge in [0.05, 0.1) is 19.3 Å². The standard InChI is InChI=1S/C11H15NO/c1-2-8-4-3-5-9-6-13-7-10(12)11(8)9/h3-5,10H,2,6-7,12H2,1H3/t10-/m0/s1. The van der Waals surface area contributed by atoms with Gasteiger partial charge in [-0.25, -0.2) is 0 Å². The Balaban J connectivity index is 2.50. The molecule has 1 heterocycles. The highest BCUT2D eigenvalue weighted by Crippen LogP contribution is 2.26. The highest BCUT2D eigenvalue weighted by molar-refractivity contribution is 5.38. The van der Waals surface area contributed by atoms with Gasteiger partial charge in [0, 0.05) is 0 Å². The molecule has 0 radical (unpaired) electrons. The lowest BCUT2D eigenvalue weighted by Crippen LogP contribution is -2.24. The maximum Gasteiger partial charge on any atom is 0.0721 e. The van der Waals surface area contributed by atoms with Crippen LogP contribution in [0, 0.1) is 0 Å². The number of hydrogen-bond acceptors (Lipinski definition) is 2. The van der Waals surface area contributed by atoms with Crippen LogP contribution in [0.5, 0.6) is 0 Å². The van der Waals surface area contributed by atoms with Crippen molar-refractivity contribution in [3.63, 3.8) is 0 Å². The second-order valence-corrected chi connectivity index (χ2v) is 3.47. The first-order valence-electron chi connectivity index (χ1n) is 4.77. The summed E-state index contributed by atoms with van der Waals surface area (Å²) >= 11 is 0. The molecule has 0 fully saturated rings. The Morgan fingerprint density at radius 2 is 2.38 bits per heavy atom. The van der Waals surface area contributed by atoms with Gasteiger partial charge < -0.3 is 10.5 Å². The molecule has 13 heavy (non-hydrogen) atoms. The second kappa shape index (κ2) is 3.48. The zero-order valence-corrected chi connectivity index (χ0v) is 7.92. The van der Waals surface area contributed by atoms with E-state index in [2.05, 4.69) is 25.1 Å². The van der Waals surface area contributed by atoms with Crippen molar-refractivity contribution in [2.45, 2.75) is 26.0 Å². The maximum atomic E-state index is 6.00. The number of nitrogens with two attached hydrogens (primary N) is 1. The van der Waals surface area contributed by atoms with E-state index < -0.39 is 0 Å². The Morgan fingerprint density at radius 3 is 3.15 bits per heavy atom. The van der Waals surface area contributed by atoms with E-state index in [9.17, 15) is 0 Å². The minimum absolute atomic E-state index is 0.0694. The molecule has 0 saturated heterocycles. The SMILES string of the molecule is CCc1cccc2c1[C@@H](N)COC2. The van der Waals surface area contributed by atoms with Crippen LogP contribution in [-0.4, -0.2) is 6.61 Å². The van der Waals surface area contributed by atoms with Gasteiger partial charge in [0.25, 0.3) is 0 Å². The fourth-order valence-electron chi connectivity index (χ4n) is 1.96. The Kier molecular flexibility index (Phi) is 2.34. The van der Waals surface area contributed by atoms with E-state index in [0.29, 0.717) is 6.61 Å². The van der Waals surface area contributed by atoms with Crippen molar-refractivity contribution in [3.05, 3.63) is 34.9 Å². The summed E-state index contributed by atoms with van der Waals surface area (Å²) < 4.78 is 5.38. The van der Waals surface area contributed by atoms with Gasteiger partial charge >= 0.3 is 0 Å². The van der Waals surface area contributed by atoms with Gasteiger partial charge in [0.15, 0.2) is 0 Å². The van der Waals surface area contributed by atoms with Gasteiger partial charge in [-0.1, -0.05) is 25.1 Å². The Bertz CT molecular complexity index is 295. The monoisotopic (exact) mass is 177 g/mol. The smallest absolute Gasteiger partial charge is 0.0721 e. The average Bonchev–Trinajstić information content (AvgIpc) is 2.17. The van der Waals surface area contributed by atoms with Crippen molar-refractivity contribution in [1.82, 2.24) is 0 Å². The predicted octanol–water partition coefficient (Wildman–Crippen LogP) is 1.78. The summed E-state index contributed by atoms with van der Waals surface area (Å²) in [6.45, 7) is 3.54. The van der Waals surface area contributed by atoms with E-state index in [1.807, 2.05) is 0 Å². The Hall–Kier alpha value is -0.860. The molecule has 0 bridgehead atoms. The topological polar surface area (TPSA) is 35.2 Å². The lowest BCUT2D eigenvalue weighted by Gasteiger charge is -2.25. The molecule has 2 rings (SSSR count). The molecule has 2 heteroatoms. The van der Waals surface area contributed by atoms with E-state index in [1.165, 1.54) is 16.7 Å². The molecular formula is C11H15NO. The molecule has 0 saturated carbocycles. The predicted molar refractivity (Wildman–Crippen MR) is 52.4 cm³/mol. The molecule has 0 aromatic heterocycles. The molecule has 1 aliphatic heterocycles. The second-order valence-electron chi connectivity index (χ2n) is 3.47. The molecule has 1 aromatic rings. The number of rotatable bonds is 1. The van der Waals surface area contributed by atoms with Crippen molar-refractivity contribution in [2.24, 2.45) is 5.73 Å². The summed E-state index contributed by atoms with van der Waals surface area (Å²) in [5.74, 6) is 0. The van der Waals surface area contributed by atoms with Crippen LogP contribution >= 0.6 is 0 Å². The lowest BCUT2D eigenvalue weighted by molar-refractivity contribution is 0.0920. The minimum atomic E-state index is 0.0694. The number of fused-ring (bicyclic) bond motifs is 1. The molecule has 0 unspecified atom stereocenters. The third kappa shape index (κ3) is 1.47. The van der Waals surface area contributed by atoms with Crippen LogP contribution in [0.3, 0.4) is 0 Å². The summed E-state index contributed by atoms with van der Waals surface area (Å²) in [5, 5.41) is 0. The van der Waals surface area contributed by atoms with Crippen molar-refractivity contribution in [3.8, 4) is 0 Å². The van der Waals surface area contributed by atoms with E-state index in [4.69, 9.17) is 10.5 Å². The molecule has 2 nitrogen and oxygen atoms in total. The average molecular weight is 177 g/mol. The van der Waals surface area contributed by atoms with Crippen LogP contribution in [0.1, 0.15) is 29.7 Å². The van der Waals surface area contributed by atoms with Gasteiger partial charge in [0.1, 0.15) is 0 Å². The Morgan fingerprint density at radius 1 is 1.54 bits per heavy atom. The molecule has 0 amide bonds. The van der Waals surface area contributed by atoms with Crippen molar-refractivity contribution in [1.29, 1.82) is 0 Å². The van der Waals surface area contributed by atoms with Gasteiger partial charge in [-0.2, -0.15) is 0 Å². The van der Waals surface area contributed by atoms with Crippen LogP contribution in [0.25, 0.3) is 0 Å². The number of aryl methyl sites for hydroxylation is 1. The zero-order valence-electron chi connectivity index (χ0n) is 7.92. The van der Waals surface area contributed by atoms with E-state index in [1.54, 1.807) is 0 Å². The van der Waals surface area contributed by atoms with Crippen LogP contribution in [0.2, 0.25) is 0 Å². The fraction of sp³-hybridized carbons (Fsp3) is 0.455. The van der Waals surface area contributed by atoms with Gasteiger partial charge in [-0.15, -0.1) is 0 Å². The van der Waals surface area contributed by atoms with Crippen LogP contribution in [0.4, 0.5) is 0 Å². The van der Waals surface area contributed by atoms with Crippen LogP contribution in [-0.2, 0) is 17.8 Å². The number of ether oxygens (including phenoxy) is 1. The van der Waals surface area contributed by atoms with Gasteiger partial charge in [-0.05, 0) is 23.1 Å². The zero-order chi connectivity index (χ0) is 9.26. The maximum absolute atomic E-state index is 6.00. The highest BCUT2D eigenvalue weighted by Gasteiger charge is 2.19. The van der Waals surface area contributed by atoms with E-state index in [-0.39, 0.29) is 6.04 Å².